The van der Waals surface area contributed by atoms with Crippen LogP contribution in [0.15, 0.2) is 0 Å². The van der Waals surface area contributed by atoms with Crippen LogP contribution in [0.25, 0.3) is 0 Å². The molecule has 0 atom stereocenters. The Kier molecular flexibility index (Phi) is 6.76. The second-order valence-electron chi connectivity index (χ2n) is 3.02. The van der Waals surface area contributed by atoms with Crippen LogP contribution in [0.5, 0.6) is 0 Å². The maximum Gasteiger partial charge on any atom is 0.223 e. The monoisotopic (exact) mass is 172 g/mol. The summed E-state index contributed by atoms with van der Waals surface area (Å²) in [7, 11) is 3.73. The van der Waals surface area contributed by atoms with Crippen molar-refractivity contribution in [3.8, 4) is 0 Å². The van der Waals surface area contributed by atoms with Crippen molar-refractivity contribution in [2.45, 2.75) is 26.2 Å². The standard InChI is InChI=1S/C9H20N2O/c1-4-5-8-11(3)9(12)6-7-10-2/h10H,4-8H2,1-3H3. The number of hydrogen-bond donors (Lipinski definition) is 1. The molecule has 0 rings (SSSR count). The van der Waals surface area contributed by atoms with Crippen LogP contribution in [0.3, 0.4) is 0 Å². The molecule has 0 aromatic rings. The lowest BCUT2D eigenvalue weighted by molar-refractivity contribution is -0.129. The Morgan fingerprint density at radius 2 is 2.17 bits per heavy atom. The van der Waals surface area contributed by atoms with E-state index >= 15 is 0 Å². The van der Waals surface area contributed by atoms with Gasteiger partial charge in [0.2, 0.25) is 5.91 Å². The highest BCUT2D eigenvalue weighted by atomic mass is 16.2. The second kappa shape index (κ2) is 7.10. The number of rotatable bonds is 6. The van der Waals surface area contributed by atoms with E-state index in [9.17, 15) is 4.79 Å². The molecule has 0 spiro atoms. The van der Waals surface area contributed by atoms with E-state index in [2.05, 4.69) is 12.2 Å². The number of nitrogens with one attached hydrogen (secondary N) is 1. The number of carbonyl (C=O) groups is 1. The summed E-state index contributed by atoms with van der Waals surface area (Å²) in [5.74, 6) is 0.234. The molecule has 0 saturated carbocycles. The maximum atomic E-state index is 11.3. The van der Waals surface area contributed by atoms with Gasteiger partial charge < -0.3 is 10.2 Å². The highest BCUT2D eigenvalue weighted by molar-refractivity contribution is 5.75. The van der Waals surface area contributed by atoms with E-state index < -0.39 is 0 Å². The van der Waals surface area contributed by atoms with Crippen LogP contribution in [0.2, 0.25) is 0 Å². The van der Waals surface area contributed by atoms with Crippen molar-refractivity contribution in [3.05, 3.63) is 0 Å². The summed E-state index contributed by atoms with van der Waals surface area (Å²) in [5, 5.41) is 2.96. The van der Waals surface area contributed by atoms with Gasteiger partial charge in [-0.3, -0.25) is 4.79 Å². The van der Waals surface area contributed by atoms with Crippen molar-refractivity contribution in [1.82, 2.24) is 10.2 Å². The average Bonchev–Trinajstić information content (AvgIpc) is 2.10. The highest BCUT2D eigenvalue weighted by Gasteiger charge is 2.05. The first-order valence-corrected chi connectivity index (χ1v) is 4.61. The Morgan fingerprint density at radius 3 is 2.67 bits per heavy atom. The van der Waals surface area contributed by atoms with Gasteiger partial charge in [0.25, 0.3) is 0 Å². The molecular weight excluding hydrogens is 152 g/mol. The first kappa shape index (κ1) is 11.4. The van der Waals surface area contributed by atoms with Gasteiger partial charge in [0.15, 0.2) is 0 Å². The predicted octanol–water partition coefficient (Wildman–Crippen LogP) is 0.854. The summed E-state index contributed by atoms with van der Waals surface area (Å²) in [6.45, 7) is 3.79. The van der Waals surface area contributed by atoms with Crippen molar-refractivity contribution in [3.63, 3.8) is 0 Å². The third-order valence-corrected chi connectivity index (χ3v) is 1.86. The van der Waals surface area contributed by atoms with Crippen LogP contribution in [-0.4, -0.2) is 38.0 Å². The Bertz CT molecular complexity index is 126. The molecule has 0 aliphatic rings. The van der Waals surface area contributed by atoms with Gasteiger partial charge >= 0.3 is 0 Å². The minimum atomic E-state index is 0.234. The fourth-order valence-electron chi connectivity index (χ4n) is 0.943. The topological polar surface area (TPSA) is 32.3 Å². The van der Waals surface area contributed by atoms with E-state index in [0.717, 1.165) is 25.9 Å². The lowest BCUT2D eigenvalue weighted by atomic mass is 10.3. The zero-order chi connectivity index (χ0) is 9.40. The number of amides is 1. The average molecular weight is 172 g/mol. The highest BCUT2D eigenvalue weighted by Crippen LogP contribution is 1.94. The molecule has 0 bridgehead atoms. The molecule has 72 valence electrons. The number of hydrogen-bond acceptors (Lipinski definition) is 2. The molecule has 0 aromatic carbocycles. The Morgan fingerprint density at radius 1 is 1.50 bits per heavy atom. The lowest BCUT2D eigenvalue weighted by Gasteiger charge is -2.16. The van der Waals surface area contributed by atoms with Gasteiger partial charge in [0.1, 0.15) is 0 Å². The van der Waals surface area contributed by atoms with E-state index in [1.165, 1.54) is 0 Å². The maximum absolute atomic E-state index is 11.3. The summed E-state index contributed by atoms with van der Waals surface area (Å²) >= 11 is 0. The molecule has 0 aliphatic carbocycles. The van der Waals surface area contributed by atoms with Gasteiger partial charge in [-0.05, 0) is 13.5 Å². The van der Waals surface area contributed by atoms with Crippen LogP contribution in [-0.2, 0) is 4.79 Å². The van der Waals surface area contributed by atoms with Crippen molar-refractivity contribution in [2.75, 3.05) is 27.2 Å². The minimum Gasteiger partial charge on any atom is -0.346 e. The first-order valence-electron chi connectivity index (χ1n) is 4.61. The first-order chi connectivity index (χ1) is 5.72. The normalized spacial score (nSPS) is 9.92. The van der Waals surface area contributed by atoms with Crippen molar-refractivity contribution in [2.24, 2.45) is 0 Å². The van der Waals surface area contributed by atoms with Crippen LogP contribution >= 0.6 is 0 Å². The molecule has 0 fully saturated rings. The summed E-state index contributed by atoms with van der Waals surface area (Å²) in [5.41, 5.74) is 0. The van der Waals surface area contributed by atoms with Crippen LogP contribution < -0.4 is 5.32 Å². The van der Waals surface area contributed by atoms with Crippen LogP contribution in [0, 0.1) is 0 Å². The van der Waals surface area contributed by atoms with Gasteiger partial charge in [0, 0.05) is 26.6 Å². The summed E-state index contributed by atoms with van der Waals surface area (Å²) in [4.78, 5) is 13.1. The quantitative estimate of drug-likeness (QED) is 0.644. The molecular formula is C9H20N2O. The second-order valence-corrected chi connectivity index (χ2v) is 3.02. The zero-order valence-electron chi connectivity index (χ0n) is 8.39. The summed E-state index contributed by atoms with van der Waals surface area (Å²) in [6, 6.07) is 0. The van der Waals surface area contributed by atoms with E-state index in [4.69, 9.17) is 0 Å². The zero-order valence-corrected chi connectivity index (χ0v) is 8.39. The van der Waals surface area contributed by atoms with Crippen molar-refractivity contribution >= 4 is 5.91 Å². The van der Waals surface area contributed by atoms with Gasteiger partial charge in [0.05, 0.1) is 0 Å². The Balaban J connectivity index is 3.47. The number of unbranched alkanes of at least 4 members (excludes halogenated alkanes) is 1. The molecule has 0 aliphatic heterocycles. The number of carbonyl (C=O) groups excluding carboxylic acids is 1. The molecule has 0 aromatic heterocycles. The molecule has 1 N–H and O–H groups in total. The molecule has 12 heavy (non-hydrogen) atoms. The van der Waals surface area contributed by atoms with Gasteiger partial charge in [-0.15, -0.1) is 0 Å². The van der Waals surface area contributed by atoms with E-state index in [0.29, 0.717) is 6.42 Å². The molecule has 0 radical (unpaired) electrons. The Hall–Kier alpha value is -0.570. The minimum absolute atomic E-state index is 0.234. The third-order valence-electron chi connectivity index (χ3n) is 1.86. The van der Waals surface area contributed by atoms with Gasteiger partial charge in [-0.25, -0.2) is 0 Å². The third kappa shape index (κ3) is 5.13. The largest absolute Gasteiger partial charge is 0.346 e. The van der Waals surface area contributed by atoms with E-state index in [-0.39, 0.29) is 5.91 Å². The predicted molar refractivity (Wildman–Crippen MR) is 51.1 cm³/mol. The van der Waals surface area contributed by atoms with Crippen molar-refractivity contribution in [1.29, 1.82) is 0 Å². The molecule has 1 amide bonds. The SMILES string of the molecule is CCCCN(C)C(=O)CCNC. The van der Waals surface area contributed by atoms with Crippen molar-refractivity contribution < 1.29 is 4.79 Å². The molecule has 0 unspecified atom stereocenters. The molecule has 3 nitrogen and oxygen atoms in total. The Labute approximate surface area is 75.1 Å². The van der Waals surface area contributed by atoms with Crippen LogP contribution in [0.1, 0.15) is 26.2 Å². The fraction of sp³-hybridized carbons (Fsp3) is 0.889. The smallest absolute Gasteiger partial charge is 0.223 e. The summed E-state index contributed by atoms with van der Waals surface area (Å²) < 4.78 is 0. The fourth-order valence-corrected chi connectivity index (χ4v) is 0.943. The van der Waals surface area contributed by atoms with Gasteiger partial charge in [-0.2, -0.15) is 0 Å². The van der Waals surface area contributed by atoms with E-state index in [1.807, 2.05) is 14.1 Å². The molecule has 0 heterocycles. The molecule has 0 saturated heterocycles. The lowest BCUT2D eigenvalue weighted by Crippen LogP contribution is -2.29. The molecule has 3 heteroatoms. The number of nitrogens with zero attached hydrogens (tertiary/aromatic N) is 1. The van der Waals surface area contributed by atoms with Gasteiger partial charge in [-0.1, -0.05) is 13.3 Å². The summed E-state index contributed by atoms with van der Waals surface area (Å²) in [6.07, 6.45) is 2.85. The van der Waals surface area contributed by atoms with E-state index in [1.54, 1.807) is 4.90 Å². The van der Waals surface area contributed by atoms with Crippen LogP contribution in [0.4, 0.5) is 0 Å².